The van der Waals surface area contributed by atoms with Crippen molar-refractivity contribution in [2.24, 2.45) is 0 Å². The molecule has 0 bridgehead atoms. The summed E-state index contributed by atoms with van der Waals surface area (Å²) < 4.78 is 46.9. The molecule has 1 heterocycles. The maximum absolute atomic E-state index is 13.2. The summed E-state index contributed by atoms with van der Waals surface area (Å²) in [4.78, 5) is 17.4. The van der Waals surface area contributed by atoms with E-state index in [2.05, 4.69) is 15.0 Å². The van der Waals surface area contributed by atoms with Crippen LogP contribution in [0.5, 0.6) is 0 Å². The van der Waals surface area contributed by atoms with Crippen molar-refractivity contribution < 1.29 is 22.0 Å². The van der Waals surface area contributed by atoms with Gasteiger partial charge in [-0.1, -0.05) is 30.3 Å². The molecule has 5 rings (SSSR count). The van der Waals surface area contributed by atoms with Crippen LogP contribution < -0.4 is 10.0 Å². The van der Waals surface area contributed by atoms with Crippen LogP contribution in [-0.2, 0) is 10.0 Å². The molecule has 1 aromatic heterocycles. The molecule has 5 aromatic rings. The smallest absolute Gasteiger partial charge is 0.261 e. The van der Waals surface area contributed by atoms with E-state index in [4.69, 9.17) is 4.42 Å². The van der Waals surface area contributed by atoms with Crippen LogP contribution in [0.2, 0.25) is 0 Å². The van der Waals surface area contributed by atoms with Crippen LogP contribution in [0.3, 0.4) is 0 Å². The Kier molecular flexibility index (Phi) is 5.76. The number of rotatable bonds is 6. The molecule has 0 aliphatic heterocycles. The molecule has 174 valence electrons. The molecule has 4 aromatic carbocycles. The van der Waals surface area contributed by atoms with Gasteiger partial charge < -0.3 is 9.73 Å². The van der Waals surface area contributed by atoms with Crippen LogP contribution in [0, 0.1) is 5.82 Å². The number of sulfonamides is 1. The number of anilines is 2. The number of hydrogen-bond donors (Lipinski definition) is 2. The van der Waals surface area contributed by atoms with Crippen LogP contribution in [-0.4, -0.2) is 19.3 Å². The van der Waals surface area contributed by atoms with Crippen molar-refractivity contribution >= 4 is 38.4 Å². The quantitative estimate of drug-likeness (QED) is 0.321. The van der Waals surface area contributed by atoms with Crippen LogP contribution >= 0.6 is 0 Å². The minimum Gasteiger partial charge on any atom is -0.436 e. The Morgan fingerprint density at radius 2 is 1.60 bits per heavy atom. The molecular formula is C26H18FN3O4S. The van der Waals surface area contributed by atoms with Crippen LogP contribution in [0.1, 0.15) is 10.4 Å². The molecule has 0 saturated heterocycles. The van der Waals surface area contributed by atoms with Crippen molar-refractivity contribution in [3.05, 3.63) is 108 Å². The predicted molar refractivity (Wildman–Crippen MR) is 131 cm³/mol. The third-order valence-corrected chi connectivity index (χ3v) is 6.58. The number of nitrogens with one attached hydrogen (secondary N) is 2. The number of carbonyl (C=O) groups excluding carboxylic acids is 1. The number of nitrogens with zero attached hydrogens (tertiary/aromatic N) is 1. The molecular weight excluding hydrogens is 469 g/mol. The molecule has 0 spiro atoms. The maximum atomic E-state index is 13.2. The Balaban J connectivity index is 1.39. The first-order chi connectivity index (χ1) is 16.9. The third kappa shape index (κ3) is 4.75. The molecule has 35 heavy (non-hydrogen) atoms. The van der Waals surface area contributed by atoms with Gasteiger partial charge in [-0.3, -0.25) is 9.52 Å². The van der Waals surface area contributed by atoms with Crippen molar-refractivity contribution in [3.8, 4) is 11.5 Å². The number of oxazole rings is 1. The normalized spacial score (nSPS) is 11.3. The van der Waals surface area contributed by atoms with E-state index in [0.29, 0.717) is 22.7 Å². The van der Waals surface area contributed by atoms with E-state index in [1.54, 1.807) is 30.3 Å². The highest BCUT2D eigenvalue weighted by Crippen LogP contribution is 2.27. The summed E-state index contributed by atoms with van der Waals surface area (Å²) >= 11 is 0. The van der Waals surface area contributed by atoms with Gasteiger partial charge in [-0.05, 0) is 66.7 Å². The Morgan fingerprint density at radius 3 is 2.40 bits per heavy atom. The first kappa shape index (κ1) is 22.3. The van der Waals surface area contributed by atoms with Gasteiger partial charge in [0.05, 0.1) is 16.1 Å². The highest BCUT2D eigenvalue weighted by molar-refractivity contribution is 7.92. The standard InChI is InChI=1S/C26H18FN3O4S/c27-18-12-14-20(15-13-18)35(32,33)30-22-9-2-1-8-21(22)25(31)28-19-7-5-6-17(16-19)26-29-23-10-3-4-11-24(23)34-26/h1-16,30H,(H,28,31). The Hall–Kier alpha value is -4.50. The van der Waals surface area contributed by atoms with Crippen molar-refractivity contribution in [2.75, 3.05) is 10.0 Å². The first-order valence-corrected chi connectivity index (χ1v) is 12.0. The van der Waals surface area contributed by atoms with Gasteiger partial charge in [-0.25, -0.2) is 17.8 Å². The van der Waals surface area contributed by atoms with E-state index in [1.807, 2.05) is 30.3 Å². The first-order valence-electron chi connectivity index (χ1n) is 10.5. The van der Waals surface area contributed by atoms with Gasteiger partial charge in [0.15, 0.2) is 5.58 Å². The summed E-state index contributed by atoms with van der Waals surface area (Å²) in [5.41, 5.74) is 2.73. The average molecular weight is 488 g/mol. The van der Waals surface area contributed by atoms with Crippen molar-refractivity contribution in [2.45, 2.75) is 4.90 Å². The summed E-state index contributed by atoms with van der Waals surface area (Å²) in [6, 6.07) is 25.0. The van der Waals surface area contributed by atoms with Gasteiger partial charge in [0.25, 0.3) is 15.9 Å². The lowest BCUT2D eigenvalue weighted by molar-refractivity contribution is 0.102. The number of hydrogen-bond acceptors (Lipinski definition) is 5. The van der Waals surface area contributed by atoms with Crippen molar-refractivity contribution in [3.63, 3.8) is 0 Å². The Morgan fingerprint density at radius 1 is 0.857 bits per heavy atom. The van der Waals surface area contributed by atoms with Crippen LogP contribution in [0.25, 0.3) is 22.6 Å². The fourth-order valence-corrected chi connectivity index (χ4v) is 4.59. The molecule has 0 radical (unpaired) electrons. The zero-order valence-electron chi connectivity index (χ0n) is 18.1. The fourth-order valence-electron chi connectivity index (χ4n) is 3.51. The molecule has 0 saturated carbocycles. The number of benzene rings is 4. The molecule has 0 aliphatic rings. The predicted octanol–water partition coefficient (Wildman–Crippen LogP) is 5.69. The van der Waals surface area contributed by atoms with E-state index < -0.39 is 21.7 Å². The second-order valence-electron chi connectivity index (χ2n) is 7.63. The average Bonchev–Trinajstić information content (AvgIpc) is 3.29. The number of fused-ring (bicyclic) bond motifs is 1. The largest absolute Gasteiger partial charge is 0.436 e. The lowest BCUT2D eigenvalue weighted by atomic mass is 10.1. The number of halogens is 1. The van der Waals surface area contributed by atoms with Crippen molar-refractivity contribution in [1.29, 1.82) is 0 Å². The SMILES string of the molecule is O=C(Nc1cccc(-c2nc3ccccc3o2)c1)c1ccccc1NS(=O)(=O)c1ccc(F)cc1. The topological polar surface area (TPSA) is 101 Å². The lowest BCUT2D eigenvalue weighted by Crippen LogP contribution is -2.18. The Labute approximate surface area is 200 Å². The zero-order valence-corrected chi connectivity index (χ0v) is 18.9. The second-order valence-corrected chi connectivity index (χ2v) is 9.31. The van der Waals surface area contributed by atoms with Gasteiger partial charge in [0.2, 0.25) is 5.89 Å². The molecule has 1 amide bonds. The Bertz CT molecular complexity index is 1610. The summed E-state index contributed by atoms with van der Waals surface area (Å²) in [7, 11) is -4.03. The lowest BCUT2D eigenvalue weighted by Gasteiger charge is -2.13. The monoisotopic (exact) mass is 487 g/mol. The number of amides is 1. The fraction of sp³-hybridized carbons (Fsp3) is 0. The maximum Gasteiger partial charge on any atom is 0.261 e. The van der Waals surface area contributed by atoms with Gasteiger partial charge in [0.1, 0.15) is 11.3 Å². The van der Waals surface area contributed by atoms with Crippen molar-refractivity contribution in [1.82, 2.24) is 4.98 Å². The van der Waals surface area contributed by atoms with Gasteiger partial charge in [0, 0.05) is 11.3 Å². The van der Waals surface area contributed by atoms with E-state index in [1.165, 1.54) is 12.1 Å². The van der Waals surface area contributed by atoms with E-state index in [9.17, 15) is 17.6 Å². The summed E-state index contributed by atoms with van der Waals surface area (Å²) in [5.74, 6) is -0.657. The molecule has 0 fully saturated rings. The second kappa shape index (κ2) is 9.03. The van der Waals surface area contributed by atoms with Gasteiger partial charge >= 0.3 is 0 Å². The van der Waals surface area contributed by atoms with Gasteiger partial charge in [-0.15, -0.1) is 0 Å². The highest BCUT2D eigenvalue weighted by Gasteiger charge is 2.19. The molecule has 7 nitrogen and oxygen atoms in total. The minimum atomic E-state index is -4.03. The minimum absolute atomic E-state index is 0.0874. The molecule has 0 atom stereocenters. The summed E-state index contributed by atoms with van der Waals surface area (Å²) in [5, 5.41) is 2.78. The molecule has 0 unspecified atom stereocenters. The van der Waals surface area contributed by atoms with Gasteiger partial charge in [-0.2, -0.15) is 0 Å². The van der Waals surface area contributed by atoms with Crippen LogP contribution in [0.4, 0.5) is 15.8 Å². The highest BCUT2D eigenvalue weighted by atomic mass is 32.2. The zero-order chi connectivity index (χ0) is 24.4. The van der Waals surface area contributed by atoms with E-state index in [0.717, 1.165) is 29.8 Å². The van der Waals surface area contributed by atoms with Crippen LogP contribution in [0.15, 0.2) is 106 Å². The number of aromatic nitrogens is 1. The summed E-state index contributed by atoms with van der Waals surface area (Å²) in [6.45, 7) is 0. The summed E-state index contributed by atoms with van der Waals surface area (Å²) in [6.07, 6.45) is 0. The molecule has 0 aliphatic carbocycles. The third-order valence-electron chi connectivity index (χ3n) is 5.20. The number of carbonyl (C=O) groups is 1. The number of para-hydroxylation sites is 3. The van der Waals surface area contributed by atoms with E-state index >= 15 is 0 Å². The molecule has 2 N–H and O–H groups in total. The van der Waals surface area contributed by atoms with E-state index in [-0.39, 0.29) is 16.1 Å². The molecule has 9 heteroatoms.